The fourth-order valence-electron chi connectivity index (χ4n) is 2.48. The van der Waals surface area contributed by atoms with Crippen molar-refractivity contribution >= 4 is 23.4 Å². The molecular formula is C16H13ClN4O3S. The summed E-state index contributed by atoms with van der Waals surface area (Å²) >= 11 is 7.72. The molecule has 1 aliphatic rings. The van der Waals surface area contributed by atoms with Crippen LogP contribution >= 0.6 is 23.4 Å². The summed E-state index contributed by atoms with van der Waals surface area (Å²) in [5.41, 5.74) is 1.77. The van der Waals surface area contributed by atoms with E-state index in [4.69, 9.17) is 25.8 Å². The lowest BCUT2D eigenvalue weighted by molar-refractivity contribution is 0.174. The van der Waals surface area contributed by atoms with Crippen molar-refractivity contribution in [3.63, 3.8) is 0 Å². The van der Waals surface area contributed by atoms with E-state index < -0.39 is 0 Å². The Kier molecular flexibility index (Phi) is 4.37. The van der Waals surface area contributed by atoms with Crippen molar-refractivity contribution in [2.24, 2.45) is 0 Å². The molecule has 9 heteroatoms. The Labute approximate surface area is 152 Å². The van der Waals surface area contributed by atoms with Crippen LogP contribution in [0.2, 0.25) is 5.02 Å². The van der Waals surface area contributed by atoms with Gasteiger partial charge in [0.1, 0.15) is 11.4 Å². The number of ether oxygens (including phenoxy) is 3. The predicted molar refractivity (Wildman–Crippen MR) is 92.8 cm³/mol. The highest BCUT2D eigenvalue weighted by atomic mass is 35.5. The molecule has 4 rings (SSSR count). The van der Waals surface area contributed by atoms with Crippen LogP contribution in [0.25, 0.3) is 5.69 Å². The first-order valence-electron chi connectivity index (χ1n) is 7.39. The van der Waals surface area contributed by atoms with Gasteiger partial charge in [-0.25, -0.2) is 0 Å². The molecule has 0 N–H and O–H groups in total. The third kappa shape index (κ3) is 3.10. The van der Waals surface area contributed by atoms with Gasteiger partial charge in [-0.2, -0.15) is 4.68 Å². The third-order valence-corrected chi connectivity index (χ3v) is 4.88. The number of nitrogens with zero attached hydrogens (tertiary/aromatic N) is 4. The average molecular weight is 377 g/mol. The Balaban J connectivity index is 1.57. The third-order valence-electron chi connectivity index (χ3n) is 3.61. The molecule has 0 fully saturated rings. The minimum absolute atomic E-state index is 0.192. The van der Waals surface area contributed by atoms with Crippen molar-refractivity contribution in [1.82, 2.24) is 20.2 Å². The van der Waals surface area contributed by atoms with Crippen molar-refractivity contribution in [2.45, 2.75) is 10.9 Å². The molecule has 3 aromatic rings. The number of thioether (sulfide) groups is 1. The molecule has 25 heavy (non-hydrogen) atoms. The van der Waals surface area contributed by atoms with Gasteiger partial charge in [0.2, 0.25) is 11.9 Å². The summed E-state index contributed by atoms with van der Waals surface area (Å²) in [4.78, 5) is 0. The normalized spacial score (nSPS) is 12.4. The Morgan fingerprint density at radius 3 is 3.04 bits per heavy atom. The van der Waals surface area contributed by atoms with Crippen LogP contribution in [0.15, 0.2) is 41.6 Å². The molecule has 1 aromatic heterocycles. The van der Waals surface area contributed by atoms with E-state index in [2.05, 4.69) is 15.5 Å². The molecular weight excluding hydrogens is 364 g/mol. The predicted octanol–water partition coefficient (Wildman–Crippen LogP) is 3.35. The number of tetrazole rings is 1. The van der Waals surface area contributed by atoms with Crippen molar-refractivity contribution in [3.05, 3.63) is 47.0 Å². The Hall–Kier alpha value is -2.45. The zero-order chi connectivity index (χ0) is 17.2. The van der Waals surface area contributed by atoms with Crippen LogP contribution in [0, 0.1) is 0 Å². The molecule has 0 saturated carbocycles. The van der Waals surface area contributed by atoms with E-state index in [0.29, 0.717) is 33.2 Å². The zero-order valence-electron chi connectivity index (χ0n) is 13.2. The first-order valence-corrected chi connectivity index (χ1v) is 8.75. The number of hydrogen-bond donors (Lipinski definition) is 0. The summed E-state index contributed by atoms with van der Waals surface area (Å²) in [6.07, 6.45) is 0. The van der Waals surface area contributed by atoms with Crippen LogP contribution in [0.5, 0.6) is 17.2 Å². The van der Waals surface area contributed by atoms with Gasteiger partial charge >= 0.3 is 0 Å². The number of benzene rings is 2. The van der Waals surface area contributed by atoms with E-state index in [1.54, 1.807) is 11.8 Å². The summed E-state index contributed by atoms with van der Waals surface area (Å²) in [7, 11) is 1.62. The number of para-hydroxylation sites is 2. The summed E-state index contributed by atoms with van der Waals surface area (Å²) in [5, 5.41) is 13.1. The SMILES string of the molecule is COc1ccccc1-n1nnnc1SCc1cc(Cl)c2c(c1)OCO2. The second kappa shape index (κ2) is 6.81. The van der Waals surface area contributed by atoms with Gasteiger partial charge in [-0.3, -0.25) is 0 Å². The highest BCUT2D eigenvalue weighted by Crippen LogP contribution is 2.41. The van der Waals surface area contributed by atoms with Crippen LogP contribution < -0.4 is 14.2 Å². The van der Waals surface area contributed by atoms with Crippen LogP contribution in [0.4, 0.5) is 0 Å². The maximum absolute atomic E-state index is 6.23. The Morgan fingerprint density at radius 2 is 2.16 bits per heavy atom. The zero-order valence-corrected chi connectivity index (χ0v) is 14.8. The smallest absolute Gasteiger partial charge is 0.231 e. The molecule has 0 radical (unpaired) electrons. The van der Waals surface area contributed by atoms with Gasteiger partial charge in [0.05, 0.1) is 12.1 Å². The molecule has 0 aliphatic carbocycles. The van der Waals surface area contributed by atoms with Crippen LogP contribution in [0.1, 0.15) is 5.56 Å². The molecule has 0 atom stereocenters. The molecule has 0 unspecified atom stereocenters. The second-order valence-corrected chi connectivity index (χ2v) is 6.49. The number of methoxy groups -OCH3 is 1. The summed E-state index contributed by atoms with van der Waals surface area (Å²) in [6, 6.07) is 11.3. The Morgan fingerprint density at radius 1 is 1.28 bits per heavy atom. The Bertz CT molecular complexity index is 918. The lowest BCUT2D eigenvalue weighted by atomic mass is 10.2. The monoisotopic (exact) mass is 376 g/mol. The molecule has 0 bridgehead atoms. The van der Waals surface area contributed by atoms with Gasteiger partial charge in [-0.05, 0) is 40.3 Å². The quantitative estimate of drug-likeness (QED) is 0.632. The van der Waals surface area contributed by atoms with Crippen LogP contribution in [0.3, 0.4) is 0 Å². The number of aromatic nitrogens is 4. The molecule has 0 spiro atoms. The van der Waals surface area contributed by atoms with E-state index in [1.165, 1.54) is 11.8 Å². The van der Waals surface area contributed by atoms with Crippen molar-refractivity contribution in [2.75, 3.05) is 13.9 Å². The van der Waals surface area contributed by atoms with Gasteiger partial charge in [0.25, 0.3) is 0 Å². The maximum Gasteiger partial charge on any atom is 0.231 e. The van der Waals surface area contributed by atoms with E-state index in [9.17, 15) is 0 Å². The molecule has 1 aliphatic heterocycles. The molecule has 0 amide bonds. The topological polar surface area (TPSA) is 71.3 Å². The van der Waals surface area contributed by atoms with Crippen LogP contribution in [-0.4, -0.2) is 34.1 Å². The van der Waals surface area contributed by atoms with Gasteiger partial charge in [-0.1, -0.05) is 35.5 Å². The highest BCUT2D eigenvalue weighted by molar-refractivity contribution is 7.98. The van der Waals surface area contributed by atoms with Gasteiger partial charge in [0, 0.05) is 5.75 Å². The number of rotatable bonds is 5. The van der Waals surface area contributed by atoms with Gasteiger partial charge in [0.15, 0.2) is 11.5 Å². The second-order valence-electron chi connectivity index (χ2n) is 5.15. The average Bonchev–Trinajstić information content (AvgIpc) is 3.29. The maximum atomic E-state index is 6.23. The first-order chi connectivity index (χ1) is 12.3. The van der Waals surface area contributed by atoms with Crippen molar-refractivity contribution in [1.29, 1.82) is 0 Å². The van der Waals surface area contributed by atoms with Crippen LogP contribution in [-0.2, 0) is 5.75 Å². The molecule has 7 nitrogen and oxygen atoms in total. The fraction of sp³-hybridized carbons (Fsp3) is 0.188. The van der Waals surface area contributed by atoms with Crippen molar-refractivity contribution < 1.29 is 14.2 Å². The number of hydrogen-bond acceptors (Lipinski definition) is 7. The standard InChI is InChI=1S/C16H13ClN4O3S/c1-22-13-5-3-2-4-12(13)21-16(18-19-20-21)25-8-10-6-11(17)15-14(7-10)23-9-24-15/h2-7H,8-9H2,1H3. The van der Waals surface area contributed by atoms with E-state index in [-0.39, 0.29) is 6.79 Å². The first kappa shape index (κ1) is 16.0. The largest absolute Gasteiger partial charge is 0.494 e. The number of fused-ring (bicyclic) bond motifs is 1. The lowest BCUT2D eigenvalue weighted by Gasteiger charge is -2.09. The molecule has 2 aromatic carbocycles. The van der Waals surface area contributed by atoms with Crippen molar-refractivity contribution in [3.8, 4) is 22.9 Å². The van der Waals surface area contributed by atoms with E-state index >= 15 is 0 Å². The molecule has 128 valence electrons. The summed E-state index contributed by atoms with van der Waals surface area (Å²) in [6.45, 7) is 0.192. The highest BCUT2D eigenvalue weighted by Gasteiger charge is 2.19. The number of halogens is 1. The molecule has 2 heterocycles. The molecule has 0 saturated heterocycles. The van der Waals surface area contributed by atoms with Gasteiger partial charge in [-0.15, -0.1) is 5.10 Å². The minimum atomic E-state index is 0.192. The fourth-order valence-corrected chi connectivity index (χ4v) is 3.58. The minimum Gasteiger partial charge on any atom is -0.494 e. The lowest BCUT2D eigenvalue weighted by Crippen LogP contribution is -2.01. The van der Waals surface area contributed by atoms with E-state index in [0.717, 1.165) is 11.3 Å². The van der Waals surface area contributed by atoms with Gasteiger partial charge < -0.3 is 14.2 Å². The van der Waals surface area contributed by atoms with E-state index in [1.807, 2.05) is 36.4 Å². The summed E-state index contributed by atoms with van der Waals surface area (Å²) < 4.78 is 17.8. The summed E-state index contributed by atoms with van der Waals surface area (Å²) in [5.74, 6) is 2.58.